The molecule has 0 aliphatic carbocycles. The van der Waals surface area contributed by atoms with E-state index in [1.165, 1.54) is 27.7 Å². The smallest absolute Gasteiger partial charge is 0.434 e. The molecule has 0 saturated carbocycles. The SMILES string of the molecule is CCC(CC)C(CC)(CC)OC(=O)C(F)(CC(C)(C)C)C(C)(C)C(C)(C)CC(C(=O)OCC(=O)OC(C(F)(F)F)C(F)(F)F)(C(C)(C)C)C(F)(F)F. The van der Waals surface area contributed by atoms with E-state index in [1.807, 2.05) is 13.8 Å². The van der Waals surface area contributed by atoms with Gasteiger partial charge in [-0.15, -0.1) is 0 Å². The predicted octanol–water partition coefficient (Wildman–Crippen LogP) is 11.3. The van der Waals surface area contributed by atoms with Crippen LogP contribution in [0.3, 0.4) is 0 Å². The molecule has 0 amide bonds. The first kappa shape index (κ1) is 49.7. The number of esters is 3. The second-order valence-corrected chi connectivity index (χ2v) is 17.1. The summed E-state index contributed by atoms with van der Waals surface area (Å²) in [5.41, 5.74) is -14.9. The molecule has 0 rings (SSSR count). The van der Waals surface area contributed by atoms with Crippen LogP contribution in [-0.2, 0) is 28.6 Å². The van der Waals surface area contributed by atoms with Gasteiger partial charge >= 0.3 is 36.4 Å². The van der Waals surface area contributed by atoms with Gasteiger partial charge < -0.3 is 14.2 Å². The van der Waals surface area contributed by atoms with Crippen molar-refractivity contribution in [2.45, 2.75) is 171 Å². The van der Waals surface area contributed by atoms with Gasteiger partial charge in [0.05, 0.1) is 0 Å². The third-order valence-electron chi connectivity index (χ3n) is 11.0. The Morgan fingerprint density at radius 2 is 1.04 bits per heavy atom. The maximum Gasteiger partial charge on any atom is 0.434 e. The summed E-state index contributed by atoms with van der Waals surface area (Å²) in [6.07, 6.45) is -22.5. The van der Waals surface area contributed by atoms with Crippen LogP contribution < -0.4 is 0 Å². The molecule has 308 valence electrons. The van der Waals surface area contributed by atoms with Gasteiger partial charge in [-0.1, -0.05) is 96.9 Å². The first-order valence-corrected chi connectivity index (χ1v) is 17.3. The molecule has 16 heteroatoms. The van der Waals surface area contributed by atoms with Crippen molar-refractivity contribution in [3.8, 4) is 0 Å². The number of hydrogen-bond acceptors (Lipinski definition) is 6. The van der Waals surface area contributed by atoms with Crippen molar-refractivity contribution in [2.75, 3.05) is 6.61 Å². The molecule has 0 aliphatic heterocycles. The van der Waals surface area contributed by atoms with E-state index < -0.39 is 100 Å². The highest BCUT2D eigenvalue weighted by Crippen LogP contribution is 2.63. The molecule has 52 heavy (non-hydrogen) atoms. The Labute approximate surface area is 301 Å². The molecular formula is C36H58F10O6. The van der Waals surface area contributed by atoms with Crippen LogP contribution in [-0.4, -0.2) is 60.4 Å². The van der Waals surface area contributed by atoms with Gasteiger partial charge in [0.2, 0.25) is 5.67 Å². The quantitative estimate of drug-likeness (QED) is 0.0882. The molecule has 0 radical (unpaired) electrons. The van der Waals surface area contributed by atoms with Crippen LogP contribution in [0.2, 0.25) is 0 Å². The summed E-state index contributed by atoms with van der Waals surface area (Å²) in [6, 6.07) is 0. The fraction of sp³-hybridized carbons (Fsp3) is 0.917. The average Bonchev–Trinajstić information content (AvgIpc) is 2.93. The molecular weight excluding hydrogens is 718 g/mol. The normalized spacial score (nSPS) is 16.7. The summed E-state index contributed by atoms with van der Waals surface area (Å²) in [5, 5.41) is 0. The third kappa shape index (κ3) is 10.5. The standard InChI is InChI=1S/C36H58F10O6/c1-15-22(16-2)31(17-3,18-4)52-26(49)33(37,20-27(5,6)7)30(13,14)29(11,12)21-32(28(8,9)10,36(44,45)46)25(48)50-19-23(47)51-24(34(38,39)40)35(41,42)43/h22,24H,15-21H2,1-14H3. The molecule has 2 unspecified atom stereocenters. The van der Waals surface area contributed by atoms with Crippen LogP contribution in [0.1, 0.15) is 135 Å². The fourth-order valence-electron chi connectivity index (χ4n) is 7.07. The van der Waals surface area contributed by atoms with Crippen molar-refractivity contribution in [3.05, 3.63) is 0 Å². The Hall–Kier alpha value is -2.29. The lowest BCUT2D eigenvalue weighted by Crippen LogP contribution is -2.63. The molecule has 0 aliphatic rings. The maximum atomic E-state index is 18.0. The lowest BCUT2D eigenvalue weighted by atomic mass is 9.50. The number of alkyl halides is 10. The zero-order valence-electron chi connectivity index (χ0n) is 32.8. The number of halogens is 10. The van der Waals surface area contributed by atoms with Crippen molar-refractivity contribution in [3.63, 3.8) is 0 Å². The Kier molecular flexibility index (Phi) is 15.5. The maximum absolute atomic E-state index is 18.0. The second-order valence-electron chi connectivity index (χ2n) is 17.1. The van der Waals surface area contributed by atoms with Crippen molar-refractivity contribution in [1.82, 2.24) is 0 Å². The van der Waals surface area contributed by atoms with E-state index >= 15 is 17.6 Å². The van der Waals surface area contributed by atoms with Gasteiger partial charge in [-0.25, -0.2) is 14.0 Å². The van der Waals surface area contributed by atoms with Gasteiger partial charge in [0.25, 0.3) is 6.10 Å². The molecule has 0 fully saturated rings. The van der Waals surface area contributed by atoms with Crippen molar-refractivity contribution < 1.29 is 72.5 Å². The van der Waals surface area contributed by atoms with Crippen LogP contribution in [0.25, 0.3) is 0 Å². The van der Waals surface area contributed by atoms with Crippen molar-refractivity contribution in [1.29, 1.82) is 0 Å². The summed E-state index contributed by atoms with van der Waals surface area (Å²) >= 11 is 0. The Bertz CT molecular complexity index is 1190. The van der Waals surface area contributed by atoms with Crippen LogP contribution in [0, 0.1) is 33.0 Å². The lowest BCUT2D eigenvalue weighted by molar-refractivity contribution is -0.314. The number of ether oxygens (including phenoxy) is 3. The minimum atomic E-state index is -6.14. The highest BCUT2D eigenvalue weighted by atomic mass is 19.4. The Morgan fingerprint density at radius 3 is 1.35 bits per heavy atom. The third-order valence-corrected chi connectivity index (χ3v) is 11.0. The number of carbonyl (C=O) groups is 3. The van der Waals surface area contributed by atoms with E-state index in [1.54, 1.807) is 34.6 Å². The molecule has 2 atom stereocenters. The summed E-state index contributed by atoms with van der Waals surface area (Å²) in [4.78, 5) is 39.9. The van der Waals surface area contributed by atoms with Crippen molar-refractivity contribution >= 4 is 17.9 Å². The minimum Gasteiger partial charge on any atom is -0.456 e. The molecule has 0 aromatic rings. The topological polar surface area (TPSA) is 78.9 Å². The highest BCUT2D eigenvalue weighted by molar-refractivity contribution is 5.83. The highest BCUT2D eigenvalue weighted by Gasteiger charge is 2.72. The molecule has 0 saturated heterocycles. The van der Waals surface area contributed by atoms with E-state index in [0.29, 0.717) is 25.7 Å². The first-order valence-electron chi connectivity index (χ1n) is 17.3. The minimum absolute atomic E-state index is 0.177. The van der Waals surface area contributed by atoms with Crippen LogP contribution in [0.15, 0.2) is 0 Å². The number of rotatable bonds is 16. The van der Waals surface area contributed by atoms with Gasteiger partial charge in [0.1, 0.15) is 5.60 Å². The molecule has 0 bridgehead atoms. The molecule has 6 nitrogen and oxygen atoms in total. The largest absolute Gasteiger partial charge is 0.456 e. The van der Waals surface area contributed by atoms with E-state index in [4.69, 9.17) is 4.74 Å². The molecule has 0 aromatic carbocycles. The van der Waals surface area contributed by atoms with Gasteiger partial charge in [-0.3, -0.25) is 4.79 Å². The summed E-state index contributed by atoms with van der Waals surface area (Å²) in [5.74, 6) is -6.11. The first-order chi connectivity index (χ1) is 22.8. The summed E-state index contributed by atoms with van der Waals surface area (Å²) in [7, 11) is 0. The summed E-state index contributed by atoms with van der Waals surface area (Å²) in [6.45, 7) is 18.0. The van der Waals surface area contributed by atoms with E-state index in [-0.39, 0.29) is 5.92 Å². The number of carbonyl (C=O) groups excluding carboxylic acids is 3. The van der Waals surface area contributed by atoms with Gasteiger partial charge in [0, 0.05) is 5.41 Å². The second kappa shape index (κ2) is 16.2. The predicted molar refractivity (Wildman–Crippen MR) is 174 cm³/mol. The van der Waals surface area contributed by atoms with Crippen LogP contribution in [0.4, 0.5) is 43.9 Å². The fourth-order valence-corrected chi connectivity index (χ4v) is 7.07. The Morgan fingerprint density at radius 1 is 0.615 bits per heavy atom. The molecule has 0 aromatic heterocycles. The van der Waals surface area contributed by atoms with Crippen molar-refractivity contribution in [2.24, 2.45) is 33.0 Å². The van der Waals surface area contributed by atoms with Gasteiger partial charge in [-0.2, -0.15) is 39.5 Å². The number of hydrogen-bond donors (Lipinski definition) is 0. The van der Waals surface area contributed by atoms with E-state index in [9.17, 15) is 40.7 Å². The van der Waals surface area contributed by atoms with Gasteiger partial charge in [0.15, 0.2) is 12.0 Å². The van der Waals surface area contributed by atoms with Gasteiger partial charge in [-0.05, 0) is 60.7 Å². The van der Waals surface area contributed by atoms with Crippen LogP contribution in [0.5, 0.6) is 0 Å². The summed E-state index contributed by atoms with van der Waals surface area (Å²) < 4.78 is 156. The molecule has 0 N–H and O–H groups in total. The van der Waals surface area contributed by atoms with Crippen LogP contribution >= 0.6 is 0 Å². The average molecular weight is 777 g/mol. The van der Waals surface area contributed by atoms with E-state index in [2.05, 4.69) is 9.47 Å². The molecule has 0 spiro atoms. The zero-order chi connectivity index (χ0) is 42.0. The Balaban J connectivity index is 7.34. The van der Waals surface area contributed by atoms with E-state index in [0.717, 1.165) is 20.8 Å². The zero-order valence-corrected chi connectivity index (χ0v) is 32.8. The molecule has 0 heterocycles. The monoisotopic (exact) mass is 776 g/mol. The lowest BCUT2D eigenvalue weighted by Gasteiger charge is -2.56.